The van der Waals surface area contributed by atoms with Crippen molar-refractivity contribution in [2.24, 2.45) is 0 Å². The quantitative estimate of drug-likeness (QED) is 0.923. The van der Waals surface area contributed by atoms with Crippen molar-refractivity contribution < 1.29 is 14.7 Å². The van der Waals surface area contributed by atoms with Gasteiger partial charge in [-0.05, 0) is 26.0 Å². The van der Waals surface area contributed by atoms with Gasteiger partial charge < -0.3 is 10.0 Å². The Bertz CT molecular complexity index is 695. The van der Waals surface area contributed by atoms with Gasteiger partial charge in [0.15, 0.2) is 0 Å². The Balaban J connectivity index is 2.31. The molecule has 2 aromatic heterocycles. The standard InChI is InChI=1S/C13H13ClN2O3S2/c1-6-10(12(17)16(3)7(2)13(18)19)21-11(15-6)8-4-5-9(14)20-8/h4-5,7H,1-3H3,(H,18,19). The van der Waals surface area contributed by atoms with Crippen LogP contribution in [-0.2, 0) is 4.79 Å². The molecule has 0 aliphatic carbocycles. The molecule has 0 spiro atoms. The summed E-state index contributed by atoms with van der Waals surface area (Å²) < 4.78 is 0.655. The second-order valence-corrected chi connectivity index (χ2v) is 7.18. The normalized spacial score (nSPS) is 12.2. The molecule has 0 aromatic carbocycles. The van der Waals surface area contributed by atoms with E-state index in [1.54, 1.807) is 13.0 Å². The van der Waals surface area contributed by atoms with E-state index in [0.29, 0.717) is 19.9 Å². The summed E-state index contributed by atoms with van der Waals surface area (Å²) in [5, 5.41) is 9.70. The van der Waals surface area contributed by atoms with Crippen molar-refractivity contribution >= 4 is 46.2 Å². The summed E-state index contributed by atoms with van der Waals surface area (Å²) >= 11 is 8.54. The smallest absolute Gasteiger partial charge is 0.326 e. The van der Waals surface area contributed by atoms with Crippen molar-refractivity contribution in [2.75, 3.05) is 7.05 Å². The second-order valence-electron chi connectivity index (χ2n) is 4.47. The Hall–Kier alpha value is -1.44. The molecule has 1 N–H and O–H groups in total. The zero-order valence-corrected chi connectivity index (χ0v) is 14.0. The highest BCUT2D eigenvalue weighted by Crippen LogP contribution is 2.35. The number of nitrogens with zero attached hydrogens (tertiary/aromatic N) is 2. The first-order valence-corrected chi connectivity index (χ1v) is 8.05. The van der Waals surface area contributed by atoms with Crippen LogP contribution in [0.3, 0.4) is 0 Å². The molecule has 0 radical (unpaired) electrons. The number of likely N-dealkylation sites (N-methyl/N-ethyl adjacent to an activating group) is 1. The van der Waals surface area contributed by atoms with Crippen LogP contribution >= 0.6 is 34.3 Å². The number of carboxylic acids is 1. The van der Waals surface area contributed by atoms with E-state index in [2.05, 4.69) is 4.98 Å². The molecule has 0 bridgehead atoms. The zero-order valence-electron chi connectivity index (χ0n) is 11.6. The molecule has 0 fully saturated rings. The number of thiazole rings is 1. The fourth-order valence-electron chi connectivity index (χ4n) is 1.63. The highest BCUT2D eigenvalue weighted by Gasteiger charge is 2.26. The van der Waals surface area contributed by atoms with Gasteiger partial charge in [0.05, 0.1) is 14.9 Å². The van der Waals surface area contributed by atoms with Crippen molar-refractivity contribution in [2.45, 2.75) is 19.9 Å². The number of halogens is 1. The van der Waals surface area contributed by atoms with E-state index in [4.69, 9.17) is 16.7 Å². The van der Waals surface area contributed by atoms with Gasteiger partial charge in [-0.2, -0.15) is 0 Å². The molecule has 2 aromatic rings. The van der Waals surface area contributed by atoms with Crippen LogP contribution in [0.5, 0.6) is 0 Å². The van der Waals surface area contributed by atoms with Crippen LogP contribution < -0.4 is 0 Å². The van der Waals surface area contributed by atoms with E-state index >= 15 is 0 Å². The molecule has 0 aliphatic heterocycles. The molecule has 0 saturated carbocycles. The fraction of sp³-hybridized carbons (Fsp3) is 0.308. The largest absolute Gasteiger partial charge is 0.480 e. The van der Waals surface area contributed by atoms with E-state index in [0.717, 1.165) is 4.88 Å². The summed E-state index contributed by atoms with van der Waals surface area (Å²) in [5.41, 5.74) is 0.592. The van der Waals surface area contributed by atoms with E-state index < -0.39 is 12.0 Å². The molecule has 1 amide bonds. The zero-order chi connectivity index (χ0) is 15.7. The van der Waals surface area contributed by atoms with Gasteiger partial charge >= 0.3 is 5.97 Å². The second kappa shape index (κ2) is 6.13. The maximum atomic E-state index is 12.4. The average molecular weight is 345 g/mol. The summed E-state index contributed by atoms with van der Waals surface area (Å²) in [5.74, 6) is -1.38. The number of carbonyl (C=O) groups excluding carboxylic acids is 1. The lowest BCUT2D eigenvalue weighted by molar-refractivity contribution is -0.141. The SMILES string of the molecule is Cc1nc(-c2ccc(Cl)s2)sc1C(=O)N(C)C(C)C(=O)O. The summed E-state index contributed by atoms with van der Waals surface area (Å²) in [6.07, 6.45) is 0. The Morgan fingerprint density at radius 2 is 2.05 bits per heavy atom. The lowest BCUT2D eigenvalue weighted by Crippen LogP contribution is -2.40. The third-order valence-corrected chi connectivity index (χ3v) is 5.58. The molecule has 5 nitrogen and oxygen atoms in total. The van der Waals surface area contributed by atoms with Gasteiger partial charge in [0, 0.05) is 7.05 Å². The molecule has 2 heterocycles. The minimum Gasteiger partial charge on any atom is -0.480 e. The van der Waals surface area contributed by atoms with Crippen LogP contribution in [0.15, 0.2) is 12.1 Å². The minimum absolute atomic E-state index is 0.339. The predicted octanol–water partition coefficient (Wildman–Crippen LogP) is 3.38. The molecule has 21 heavy (non-hydrogen) atoms. The molecule has 2 rings (SSSR count). The van der Waals surface area contributed by atoms with E-state index in [1.165, 1.54) is 41.5 Å². The lowest BCUT2D eigenvalue weighted by atomic mass is 10.2. The molecule has 1 atom stereocenters. The lowest BCUT2D eigenvalue weighted by Gasteiger charge is -2.20. The van der Waals surface area contributed by atoms with Crippen molar-refractivity contribution in [1.29, 1.82) is 0 Å². The Labute approximate surface area is 134 Å². The van der Waals surface area contributed by atoms with E-state index in [9.17, 15) is 9.59 Å². The average Bonchev–Trinajstić information content (AvgIpc) is 3.02. The van der Waals surface area contributed by atoms with Crippen LogP contribution in [0.25, 0.3) is 9.88 Å². The summed E-state index contributed by atoms with van der Waals surface area (Å²) in [6, 6.07) is 2.74. The van der Waals surface area contributed by atoms with Crippen LogP contribution in [0.4, 0.5) is 0 Å². The number of rotatable bonds is 4. The number of hydrogen-bond donors (Lipinski definition) is 1. The van der Waals surface area contributed by atoms with Crippen LogP contribution in [0.2, 0.25) is 4.34 Å². The summed E-state index contributed by atoms with van der Waals surface area (Å²) in [6.45, 7) is 3.21. The number of hydrogen-bond acceptors (Lipinski definition) is 5. The molecular weight excluding hydrogens is 332 g/mol. The van der Waals surface area contributed by atoms with Crippen molar-refractivity contribution in [1.82, 2.24) is 9.88 Å². The first kappa shape index (κ1) is 15.9. The Morgan fingerprint density at radius 1 is 1.38 bits per heavy atom. The van der Waals surface area contributed by atoms with Crippen LogP contribution in [-0.4, -0.2) is 40.0 Å². The number of carbonyl (C=O) groups is 2. The summed E-state index contributed by atoms with van der Waals surface area (Å²) in [7, 11) is 1.47. The predicted molar refractivity (Wildman–Crippen MR) is 84.4 cm³/mol. The van der Waals surface area contributed by atoms with Crippen molar-refractivity contribution in [3.8, 4) is 9.88 Å². The number of amides is 1. The number of aliphatic carboxylic acids is 1. The first-order chi connectivity index (χ1) is 9.81. The van der Waals surface area contributed by atoms with E-state index in [-0.39, 0.29) is 5.91 Å². The summed E-state index contributed by atoms with van der Waals surface area (Å²) in [4.78, 5) is 30.3. The molecule has 0 saturated heterocycles. The third-order valence-electron chi connectivity index (χ3n) is 3.03. The monoisotopic (exact) mass is 344 g/mol. The van der Waals surface area contributed by atoms with Crippen molar-refractivity contribution in [3.63, 3.8) is 0 Å². The van der Waals surface area contributed by atoms with Gasteiger partial charge in [-0.25, -0.2) is 9.78 Å². The molecule has 8 heteroatoms. The fourth-order valence-corrected chi connectivity index (χ4v) is 3.78. The van der Waals surface area contributed by atoms with Gasteiger partial charge in [0.2, 0.25) is 0 Å². The van der Waals surface area contributed by atoms with Crippen LogP contribution in [0.1, 0.15) is 22.3 Å². The maximum Gasteiger partial charge on any atom is 0.326 e. The van der Waals surface area contributed by atoms with Gasteiger partial charge in [0.25, 0.3) is 5.91 Å². The first-order valence-electron chi connectivity index (χ1n) is 6.04. The number of carboxylic acid groups (broad SMARTS) is 1. The highest BCUT2D eigenvalue weighted by atomic mass is 35.5. The van der Waals surface area contributed by atoms with Crippen molar-refractivity contribution in [3.05, 3.63) is 27.0 Å². The molecule has 1 unspecified atom stereocenters. The number of aromatic nitrogens is 1. The van der Waals surface area contributed by atoms with Gasteiger partial charge in [-0.1, -0.05) is 11.6 Å². The topological polar surface area (TPSA) is 70.5 Å². The highest BCUT2D eigenvalue weighted by molar-refractivity contribution is 7.24. The minimum atomic E-state index is -1.04. The molecule has 0 aliphatic rings. The maximum absolute atomic E-state index is 12.4. The van der Waals surface area contributed by atoms with Gasteiger partial charge in [-0.15, -0.1) is 22.7 Å². The Morgan fingerprint density at radius 3 is 2.57 bits per heavy atom. The van der Waals surface area contributed by atoms with Crippen LogP contribution in [0, 0.1) is 6.92 Å². The molecule has 112 valence electrons. The Kier molecular flexibility index (Phi) is 4.65. The van der Waals surface area contributed by atoms with Gasteiger partial charge in [-0.3, -0.25) is 4.79 Å². The number of thiophene rings is 1. The van der Waals surface area contributed by atoms with Gasteiger partial charge in [0.1, 0.15) is 15.9 Å². The third kappa shape index (κ3) is 3.25. The number of aryl methyl sites for hydroxylation is 1. The van der Waals surface area contributed by atoms with E-state index in [1.807, 2.05) is 6.07 Å². The molecular formula is C13H13ClN2O3S2.